The summed E-state index contributed by atoms with van der Waals surface area (Å²) in [5.41, 5.74) is 6.60. The molecule has 1 fully saturated rings. The molecule has 0 aromatic carbocycles. The van der Waals surface area contributed by atoms with Gasteiger partial charge in [-0.25, -0.2) is 9.97 Å². The summed E-state index contributed by atoms with van der Waals surface area (Å²) in [6, 6.07) is 6.78. The number of hydrogen-bond acceptors (Lipinski definition) is 7. The number of anilines is 3. The number of amides is 3. The van der Waals surface area contributed by atoms with E-state index in [9.17, 15) is 14.4 Å². The van der Waals surface area contributed by atoms with Crippen LogP contribution in [0.3, 0.4) is 0 Å². The Kier molecular flexibility index (Phi) is 11.1. The van der Waals surface area contributed by atoms with Gasteiger partial charge in [0.1, 0.15) is 22.8 Å². The van der Waals surface area contributed by atoms with Crippen molar-refractivity contribution in [2.24, 2.45) is 0 Å². The molecular weight excluding hydrogens is 520 g/mol. The number of furan rings is 1. The van der Waals surface area contributed by atoms with E-state index in [1.54, 1.807) is 24.3 Å². The fourth-order valence-electron chi connectivity index (χ4n) is 4.34. The van der Waals surface area contributed by atoms with Crippen molar-refractivity contribution in [2.45, 2.75) is 78.2 Å². The van der Waals surface area contributed by atoms with E-state index < -0.39 is 5.91 Å². The number of fused-ring (bicyclic) bond motifs is 1. The molecule has 4 rings (SSSR count). The number of rotatable bonds is 10. The van der Waals surface area contributed by atoms with Gasteiger partial charge in [0.05, 0.1) is 5.02 Å². The molecule has 1 aliphatic rings. The SMILES string of the molecule is CCCC(C)N1CCCC1=O.CCCCCC(=O)Nc1c(C(=O)Nc2ccc(Cl)cn2)oc2ccc(N)nc12. The van der Waals surface area contributed by atoms with Crippen LogP contribution in [0, 0.1) is 0 Å². The highest BCUT2D eigenvalue weighted by atomic mass is 35.5. The average Bonchev–Trinajstić information content (AvgIpc) is 3.49. The molecule has 4 N–H and O–H groups in total. The van der Waals surface area contributed by atoms with Crippen LogP contribution in [0.2, 0.25) is 5.02 Å². The molecule has 0 aliphatic carbocycles. The minimum Gasteiger partial charge on any atom is -0.447 e. The van der Waals surface area contributed by atoms with Crippen LogP contribution in [-0.4, -0.2) is 45.2 Å². The van der Waals surface area contributed by atoms with E-state index in [2.05, 4.69) is 41.4 Å². The first-order valence-corrected chi connectivity index (χ1v) is 13.8. The highest BCUT2D eigenvalue weighted by molar-refractivity contribution is 6.30. The van der Waals surface area contributed by atoms with Gasteiger partial charge in [0.25, 0.3) is 5.91 Å². The zero-order valence-electron chi connectivity index (χ0n) is 22.8. The lowest BCUT2D eigenvalue weighted by atomic mass is 10.2. The summed E-state index contributed by atoms with van der Waals surface area (Å²) in [7, 11) is 0. The first-order chi connectivity index (χ1) is 18.7. The first-order valence-electron chi connectivity index (χ1n) is 13.4. The Morgan fingerprint density at radius 1 is 1.15 bits per heavy atom. The second-order valence-electron chi connectivity index (χ2n) is 9.54. The molecule has 0 radical (unpaired) electrons. The highest BCUT2D eigenvalue weighted by Crippen LogP contribution is 2.31. The number of nitrogen functional groups attached to an aromatic ring is 1. The van der Waals surface area contributed by atoms with Gasteiger partial charge in [-0.15, -0.1) is 0 Å². The molecule has 0 bridgehead atoms. The predicted octanol–water partition coefficient (Wildman–Crippen LogP) is 6.03. The van der Waals surface area contributed by atoms with Gasteiger partial charge in [-0.1, -0.05) is 44.7 Å². The van der Waals surface area contributed by atoms with E-state index in [-0.39, 0.29) is 23.2 Å². The molecule has 1 atom stereocenters. The van der Waals surface area contributed by atoms with Crippen molar-refractivity contribution < 1.29 is 18.8 Å². The van der Waals surface area contributed by atoms with Crippen molar-refractivity contribution in [2.75, 3.05) is 22.9 Å². The van der Waals surface area contributed by atoms with Crippen LogP contribution >= 0.6 is 11.6 Å². The van der Waals surface area contributed by atoms with Crippen LogP contribution in [0.1, 0.15) is 82.7 Å². The molecule has 3 aromatic heterocycles. The standard InChI is InChI=1S/C19H20ClN5O3.C9H17NO/c1-2-3-4-5-15(26)25-17-16-12(7-8-13(21)23-16)28-18(17)19(27)24-14-9-6-11(20)10-22-14;1-3-5-8(2)10-7-4-6-9(10)11/h6-10H,2-5H2,1H3,(H2,21,23)(H,25,26)(H,22,24,27);8H,3-7H2,1-2H3. The van der Waals surface area contributed by atoms with Crippen LogP contribution in [-0.2, 0) is 9.59 Å². The van der Waals surface area contributed by atoms with E-state index in [0.717, 1.165) is 45.1 Å². The number of carbonyl (C=O) groups is 3. The molecule has 1 saturated heterocycles. The molecule has 1 aliphatic heterocycles. The zero-order valence-corrected chi connectivity index (χ0v) is 23.5. The lowest BCUT2D eigenvalue weighted by Gasteiger charge is -2.23. The van der Waals surface area contributed by atoms with Gasteiger partial charge in [-0.3, -0.25) is 14.4 Å². The summed E-state index contributed by atoms with van der Waals surface area (Å²) in [6.45, 7) is 7.35. The Morgan fingerprint density at radius 3 is 2.59 bits per heavy atom. The van der Waals surface area contributed by atoms with Crippen molar-refractivity contribution in [3.05, 3.63) is 41.2 Å². The number of likely N-dealkylation sites (tertiary alicyclic amines) is 1. The van der Waals surface area contributed by atoms with Gasteiger partial charge in [-0.05, 0) is 50.5 Å². The largest absolute Gasteiger partial charge is 0.447 e. The summed E-state index contributed by atoms with van der Waals surface area (Å²) < 4.78 is 5.64. The van der Waals surface area contributed by atoms with Gasteiger partial charge in [-0.2, -0.15) is 0 Å². The molecule has 1 unspecified atom stereocenters. The number of nitrogens with one attached hydrogen (secondary N) is 2. The maximum Gasteiger partial charge on any atom is 0.294 e. The van der Waals surface area contributed by atoms with Crippen molar-refractivity contribution in [1.82, 2.24) is 14.9 Å². The van der Waals surface area contributed by atoms with Gasteiger partial charge in [0.15, 0.2) is 5.58 Å². The third-order valence-corrected chi connectivity index (χ3v) is 6.57. The van der Waals surface area contributed by atoms with Crippen molar-refractivity contribution >= 4 is 57.7 Å². The van der Waals surface area contributed by atoms with E-state index in [1.807, 2.05) is 4.90 Å². The summed E-state index contributed by atoms with van der Waals surface area (Å²) in [6.07, 6.45) is 8.60. The number of nitrogens with two attached hydrogens (primary N) is 1. The number of unbranched alkanes of at least 4 members (excludes halogenated alkanes) is 2. The van der Waals surface area contributed by atoms with Gasteiger partial charge < -0.3 is 25.7 Å². The second-order valence-corrected chi connectivity index (χ2v) is 9.97. The van der Waals surface area contributed by atoms with Crippen molar-refractivity contribution in [1.29, 1.82) is 0 Å². The normalized spacial score (nSPS) is 13.6. The molecule has 10 nitrogen and oxygen atoms in total. The Hall–Kier alpha value is -3.66. The molecule has 39 heavy (non-hydrogen) atoms. The first kappa shape index (κ1) is 29.9. The van der Waals surface area contributed by atoms with Gasteiger partial charge >= 0.3 is 0 Å². The van der Waals surface area contributed by atoms with Crippen LogP contribution in [0.4, 0.5) is 17.3 Å². The Bertz CT molecular complexity index is 1280. The van der Waals surface area contributed by atoms with Crippen molar-refractivity contribution in [3.63, 3.8) is 0 Å². The maximum atomic E-state index is 12.7. The quantitative estimate of drug-likeness (QED) is 0.259. The number of nitrogens with zero attached hydrogens (tertiary/aromatic N) is 3. The van der Waals surface area contributed by atoms with Crippen molar-refractivity contribution in [3.8, 4) is 0 Å². The molecular formula is C28H37ClN6O4. The Balaban J connectivity index is 0.000000320. The number of hydrogen-bond donors (Lipinski definition) is 3. The van der Waals surface area contributed by atoms with E-state index in [1.165, 1.54) is 12.6 Å². The summed E-state index contributed by atoms with van der Waals surface area (Å²) >= 11 is 5.81. The number of carbonyl (C=O) groups excluding carboxylic acids is 3. The van der Waals surface area contributed by atoms with E-state index in [4.69, 9.17) is 21.8 Å². The fourth-order valence-corrected chi connectivity index (χ4v) is 4.45. The summed E-state index contributed by atoms with van der Waals surface area (Å²) in [5.74, 6) is 0.0256. The molecule has 3 amide bonds. The average molecular weight is 557 g/mol. The Morgan fingerprint density at radius 2 is 1.95 bits per heavy atom. The lowest BCUT2D eigenvalue weighted by Crippen LogP contribution is -2.33. The van der Waals surface area contributed by atoms with Crippen LogP contribution in [0.15, 0.2) is 34.9 Å². The van der Waals surface area contributed by atoms with Gasteiger partial charge in [0.2, 0.25) is 17.6 Å². The molecule has 0 saturated carbocycles. The number of pyridine rings is 2. The van der Waals surface area contributed by atoms with Crippen LogP contribution in [0.25, 0.3) is 11.1 Å². The molecule has 11 heteroatoms. The lowest BCUT2D eigenvalue weighted by molar-refractivity contribution is -0.129. The maximum absolute atomic E-state index is 12.7. The molecule has 4 heterocycles. The third kappa shape index (κ3) is 8.41. The predicted molar refractivity (Wildman–Crippen MR) is 154 cm³/mol. The van der Waals surface area contributed by atoms with E-state index in [0.29, 0.717) is 40.3 Å². The minimum absolute atomic E-state index is 0.0753. The molecule has 210 valence electrons. The summed E-state index contributed by atoms with van der Waals surface area (Å²) in [5, 5.41) is 5.80. The highest BCUT2D eigenvalue weighted by Gasteiger charge is 2.25. The van der Waals surface area contributed by atoms with Gasteiger partial charge in [0, 0.05) is 31.6 Å². The molecule has 3 aromatic rings. The van der Waals surface area contributed by atoms with E-state index >= 15 is 0 Å². The third-order valence-electron chi connectivity index (χ3n) is 6.35. The van der Waals surface area contributed by atoms with Crippen LogP contribution in [0.5, 0.6) is 0 Å². The van der Waals surface area contributed by atoms with Crippen LogP contribution < -0.4 is 16.4 Å². The Labute approximate surface area is 233 Å². The monoisotopic (exact) mass is 556 g/mol. The fraction of sp³-hybridized carbons (Fsp3) is 0.464. The number of halogens is 1. The molecule has 0 spiro atoms. The smallest absolute Gasteiger partial charge is 0.294 e. The second kappa shape index (κ2) is 14.5. The summed E-state index contributed by atoms with van der Waals surface area (Å²) in [4.78, 5) is 46.5. The topological polar surface area (TPSA) is 143 Å². The number of aromatic nitrogens is 2. The minimum atomic E-state index is -0.574. The zero-order chi connectivity index (χ0) is 28.4.